The van der Waals surface area contributed by atoms with Crippen molar-refractivity contribution in [3.05, 3.63) is 58.2 Å². The number of halogens is 1. The van der Waals surface area contributed by atoms with Crippen LogP contribution in [-0.4, -0.2) is 61.2 Å². The molecule has 2 amide bonds. The summed E-state index contributed by atoms with van der Waals surface area (Å²) in [5.41, 5.74) is 5.02. The minimum absolute atomic E-state index is 0.0117. The van der Waals surface area contributed by atoms with Crippen molar-refractivity contribution < 1.29 is 28.7 Å². The lowest BCUT2D eigenvalue weighted by Gasteiger charge is -2.54. The molecule has 0 bridgehead atoms. The molecule has 236 valence electrons. The third-order valence-corrected chi connectivity index (χ3v) is 12.2. The molecule has 10 nitrogen and oxygen atoms in total. The predicted octanol–water partition coefficient (Wildman–Crippen LogP) is 5.45. The number of carbonyl (C=O) groups is 3. The number of H-pyrrole nitrogens is 2. The fourth-order valence-electron chi connectivity index (χ4n) is 9.49. The van der Waals surface area contributed by atoms with Gasteiger partial charge >= 0.3 is 8.60 Å². The number of carbonyl (C=O) groups excluding carboxylic acids is 3. The van der Waals surface area contributed by atoms with Crippen LogP contribution < -0.4 is 9.42 Å². The number of rotatable bonds is 6. The van der Waals surface area contributed by atoms with Crippen LogP contribution in [0.1, 0.15) is 78.2 Å². The van der Waals surface area contributed by atoms with Crippen LogP contribution in [0, 0.1) is 30.6 Å². The van der Waals surface area contributed by atoms with Crippen LogP contribution in [-0.2, 0) is 15.0 Å². The number of hydrogen-bond acceptors (Lipinski definition) is 6. The van der Waals surface area contributed by atoms with Gasteiger partial charge in [0.05, 0.1) is 22.3 Å². The smallest absolute Gasteiger partial charge is 0.391 e. The Morgan fingerprint density at radius 3 is 2.53 bits per heavy atom. The molecule has 3 aromatic rings. The van der Waals surface area contributed by atoms with Crippen molar-refractivity contribution in [2.45, 2.75) is 64.7 Å². The molecule has 4 heterocycles. The second-order valence-electron chi connectivity index (χ2n) is 14.1. The molecule has 2 saturated carbocycles. The fraction of sp³-hybridized carbons (Fsp3) is 0.485. The topological polar surface area (TPSA) is 139 Å². The second-order valence-corrected chi connectivity index (χ2v) is 15.1. The Balaban J connectivity index is 1.09. The van der Waals surface area contributed by atoms with Gasteiger partial charge in [-0.1, -0.05) is 13.8 Å². The summed E-state index contributed by atoms with van der Waals surface area (Å²) in [4.78, 5) is 71.3. The fourth-order valence-corrected chi connectivity index (χ4v) is 10.1. The zero-order chi connectivity index (χ0) is 31.8. The summed E-state index contributed by atoms with van der Waals surface area (Å²) in [6, 6.07) is 1.69. The lowest BCUT2D eigenvalue weighted by atomic mass is 9.51. The summed E-state index contributed by atoms with van der Waals surface area (Å²) in [5, 5.41) is 0.870. The lowest BCUT2D eigenvalue weighted by molar-refractivity contribution is -0.161. The average Bonchev–Trinajstić information content (AvgIpc) is 3.36. The van der Waals surface area contributed by atoms with Crippen molar-refractivity contribution in [2.75, 3.05) is 23.9 Å². The number of hydrogen-bond donors (Lipinski definition) is 4. The Labute approximate surface area is 266 Å². The maximum absolute atomic E-state index is 14.4. The highest BCUT2D eigenvalue weighted by Gasteiger charge is 2.70. The average molecular weight is 651 g/mol. The number of aryl methyl sites for hydroxylation is 2. The maximum atomic E-state index is 14.4. The number of anilines is 1. The molecule has 1 aromatic carbocycles. The molecule has 0 radical (unpaired) electrons. The van der Waals surface area contributed by atoms with E-state index in [-0.39, 0.29) is 34.7 Å². The van der Waals surface area contributed by atoms with E-state index in [1.54, 1.807) is 17.0 Å². The molecule has 1 spiro atoms. The number of nitrogens with one attached hydrogen (secondary N) is 2. The Hall–Kier alpha value is -3.17. The van der Waals surface area contributed by atoms with Crippen LogP contribution in [0.4, 0.5) is 5.69 Å². The number of benzene rings is 1. The number of amides is 2. The maximum Gasteiger partial charge on any atom is 0.391 e. The van der Waals surface area contributed by atoms with Crippen LogP contribution in [0.25, 0.3) is 10.9 Å². The monoisotopic (exact) mass is 650 g/mol. The Morgan fingerprint density at radius 2 is 1.84 bits per heavy atom. The first-order valence-electron chi connectivity index (χ1n) is 15.5. The van der Waals surface area contributed by atoms with Crippen LogP contribution in [0.3, 0.4) is 0 Å². The molecule has 3 unspecified atom stereocenters. The number of nitrogens with zero attached hydrogens (tertiary/aromatic N) is 2. The molecule has 5 aliphatic rings. The highest BCUT2D eigenvalue weighted by Crippen LogP contribution is 2.69. The summed E-state index contributed by atoms with van der Waals surface area (Å²) in [6.07, 6.45) is 7.74. The van der Waals surface area contributed by atoms with E-state index < -0.39 is 19.4 Å². The molecule has 2 aliphatic heterocycles. The largest absolute Gasteiger partial charge is 0.425 e. The minimum atomic E-state index is -2.67. The molecular weight excluding hydrogens is 615 g/mol. The van der Waals surface area contributed by atoms with E-state index in [4.69, 9.17) is 16.1 Å². The van der Waals surface area contributed by atoms with Gasteiger partial charge in [-0.05, 0) is 67.7 Å². The van der Waals surface area contributed by atoms with Crippen LogP contribution in [0.15, 0.2) is 30.2 Å². The summed E-state index contributed by atoms with van der Waals surface area (Å²) >= 11 is 6.47. The molecule has 12 heteroatoms. The zero-order valence-corrected chi connectivity index (χ0v) is 27.3. The van der Waals surface area contributed by atoms with Gasteiger partial charge in [-0.2, -0.15) is 0 Å². The van der Waals surface area contributed by atoms with Gasteiger partial charge < -0.3 is 34.1 Å². The summed E-state index contributed by atoms with van der Waals surface area (Å²) in [6.45, 7) is 8.90. The molecule has 3 fully saturated rings. The third-order valence-electron chi connectivity index (χ3n) is 11.5. The van der Waals surface area contributed by atoms with E-state index >= 15 is 0 Å². The highest BCUT2D eigenvalue weighted by molar-refractivity contribution is 7.39. The number of fused-ring (bicyclic) bond motifs is 4. The van der Waals surface area contributed by atoms with E-state index in [1.165, 1.54) is 0 Å². The van der Waals surface area contributed by atoms with Gasteiger partial charge in [0.15, 0.2) is 5.75 Å². The third kappa shape index (κ3) is 3.71. The summed E-state index contributed by atoms with van der Waals surface area (Å²) in [5.74, 6) is 0.595. The first-order valence-corrected chi connectivity index (χ1v) is 17.2. The van der Waals surface area contributed by atoms with Crippen LogP contribution >= 0.6 is 20.2 Å². The van der Waals surface area contributed by atoms with E-state index in [0.717, 1.165) is 39.8 Å². The van der Waals surface area contributed by atoms with Crippen molar-refractivity contribution in [1.29, 1.82) is 0 Å². The van der Waals surface area contributed by atoms with Crippen molar-refractivity contribution in [2.24, 2.45) is 16.7 Å². The standard InChI is InChI=1S/C33H36ClN4O6P/c1-5-32(30(41)38-13-19-8-33(19)23(38)7-21(39)27-26(33)17(3)11-35-27)14-31(4,15-32)29(40)37-12-18(9-34)25-20(37)6-22(44-45(42)43)28-24(25)16(2)10-36-28/h6-7,10-11,18-19,35-36,42-43H,5,8-9,12-15H2,1-4H3. The number of ketones is 1. The Morgan fingerprint density at radius 1 is 1.11 bits per heavy atom. The number of alkyl halides is 1. The van der Waals surface area contributed by atoms with Gasteiger partial charge in [0, 0.05) is 71.3 Å². The number of aromatic nitrogens is 2. The molecule has 4 N–H and O–H groups in total. The van der Waals surface area contributed by atoms with Gasteiger partial charge in [-0.3, -0.25) is 14.4 Å². The molecular formula is C33H36ClN4O6P. The highest BCUT2D eigenvalue weighted by atomic mass is 35.5. The summed E-state index contributed by atoms with van der Waals surface area (Å²) < 4.78 is 5.41. The van der Waals surface area contributed by atoms with E-state index in [0.29, 0.717) is 61.0 Å². The van der Waals surface area contributed by atoms with Crippen molar-refractivity contribution in [3.63, 3.8) is 0 Å². The van der Waals surface area contributed by atoms with E-state index in [2.05, 4.69) is 9.97 Å². The van der Waals surface area contributed by atoms with Gasteiger partial charge in [-0.25, -0.2) is 0 Å². The molecule has 8 rings (SSSR count). The van der Waals surface area contributed by atoms with Gasteiger partial charge in [-0.15, -0.1) is 11.6 Å². The van der Waals surface area contributed by atoms with Crippen molar-refractivity contribution >= 4 is 54.4 Å². The number of aromatic amines is 2. The Bertz CT molecular complexity index is 1870. The quantitative estimate of drug-likeness (QED) is 0.207. The van der Waals surface area contributed by atoms with E-state index in [1.807, 2.05) is 45.0 Å². The van der Waals surface area contributed by atoms with Crippen molar-refractivity contribution in [3.8, 4) is 5.75 Å². The number of likely N-dealkylation sites (tertiary alicyclic amines) is 1. The molecule has 3 atom stereocenters. The predicted molar refractivity (Wildman–Crippen MR) is 170 cm³/mol. The number of allylic oxidation sites excluding steroid dienone is 2. The van der Waals surface area contributed by atoms with Gasteiger partial charge in [0.2, 0.25) is 17.6 Å². The first-order chi connectivity index (χ1) is 21.4. The molecule has 2 aromatic heterocycles. The number of piperidine rings is 1. The molecule has 1 saturated heterocycles. The first kappa shape index (κ1) is 29.2. The SMILES string of the molecule is CCC1(C(=O)N2CC3CC34C2=CC(=O)c2[nH]cc(C)c24)CC(C)(C(=O)N2CC(CCl)c3c2cc(OP(O)O)c2[nH]cc(C)c32)C1. The van der Waals surface area contributed by atoms with Gasteiger partial charge in [0.25, 0.3) is 0 Å². The lowest BCUT2D eigenvalue weighted by Crippen LogP contribution is -2.60. The van der Waals surface area contributed by atoms with Crippen LogP contribution in [0.2, 0.25) is 0 Å². The molecule has 3 aliphatic carbocycles. The zero-order valence-electron chi connectivity index (χ0n) is 25.7. The second kappa shape index (κ2) is 9.44. The minimum Gasteiger partial charge on any atom is -0.425 e. The Kier molecular flexibility index (Phi) is 6.14. The van der Waals surface area contributed by atoms with Crippen molar-refractivity contribution in [1.82, 2.24) is 14.9 Å². The van der Waals surface area contributed by atoms with E-state index in [9.17, 15) is 24.2 Å². The van der Waals surface area contributed by atoms with Crippen LogP contribution in [0.5, 0.6) is 5.75 Å². The molecule has 45 heavy (non-hydrogen) atoms. The normalized spacial score (nSPS) is 31.0. The van der Waals surface area contributed by atoms with Gasteiger partial charge in [0.1, 0.15) is 0 Å². The summed E-state index contributed by atoms with van der Waals surface area (Å²) in [7, 11) is -2.67.